The summed E-state index contributed by atoms with van der Waals surface area (Å²) in [4.78, 5) is 13.7. The fraction of sp³-hybridized carbons (Fsp3) is 0.208. The number of nitrogens with zero attached hydrogens (tertiary/aromatic N) is 1. The molecule has 168 valence electrons. The zero-order chi connectivity index (χ0) is 23.3. The molecule has 0 radical (unpaired) electrons. The van der Waals surface area contributed by atoms with Crippen LogP contribution < -0.4 is 18.5 Å². The summed E-state index contributed by atoms with van der Waals surface area (Å²) in [6.07, 6.45) is 0.784. The van der Waals surface area contributed by atoms with Gasteiger partial charge >= 0.3 is 0 Å². The van der Waals surface area contributed by atoms with Gasteiger partial charge in [-0.1, -0.05) is 37.3 Å². The molecule has 0 saturated carbocycles. The molecule has 7 nitrogen and oxygen atoms in total. The summed E-state index contributed by atoms with van der Waals surface area (Å²) in [6, 6.07) is 17.5. The van der Waals surface area contributed by atoms with Gasteiger partial charge in [-0.05, 0) is 48.4 Å². The Bertz CT molecular complexity index is 1170. The number of sulfonamides is 1. The summed E-state index contributed by atoms with van der Waals surface area (Å²) < 4.78 is 43.9. The molecule has 3 rings (SSSR count). The van der Waals surface area contributed by atoms with Crippen LogP contribution in [0.25, 0.3) is 0 Å². The lowest BCUT2D eigenvalue weighted by Gasteiger charge is -2.24. The smallest absolute Gasteiger partial charge is 0.272 e. The van der Waals surface area contributed by atoms with Gasteiger partial charge in [0.1, 0.15) is 0 Å². The number of hydrogen-bond acceptors (Lipinski definition) is 6. The first-order valence-electron chi connectivity index (χ1n) is 9.91. The highest BCUT2D eigenvalue weighted by atomic mass is 32.2. The van der Waals surface area contributed by atoms with Gasteiger partial charge in [0, 0.05) is 5.56 Å². The number of rotatable bonds is 8. The molecule has 0 aliphatic rings. The molecular formula is C24H25NO6S. The Morgan fingerprint density at radius 1 is 0.844 bits per heavy atom. The van der Waals surface area contributed by atoms with E-state index in [1.807, 2.05) is 6.92 Å². The predicted octanol–water partition coefficient (Wildman–Crippen LogP) is 4.31. The number of benzene rings is 3. The molecule has 0 spiro atoms. The molecule has 0 fully saturated rings. The molecule has 0 aliphatic carbocycles. The maximum absolute atomic E-state index is 13.7. The summed E-state index contributed by atoms with van der Waals surface area (Å²) >= 11 is 0. The molecule has 3 aromatic carbocycles. The van der Waals surface area contributed by atoms with Crippen LogP contribution in [0, 0.1) is 0 Å². The SMILES string of the molecule is CCc1ccc(N(C(=O)c2cc(OC)c(OC)c(OC)c2)S(=O)(=O)c2ccccc2)cc1. The second kappa shape index (κ2) is 9.74. The number of anilines is 1. The summed E-state index contributed by atoms with van der Waals surface area (Å²) in [6.45, 7) is 1.99. The second-order valence-electron chi connectivity index (χ2n) is 6.82. The third-order valence-corrected chi connectivity index (χ3v) is 6.68. The molecule has 1 amide bonds. The Hall–Kier alpha value is -3.52. The van der Waals surface area contributed by atoms with Crippen molar-refractivity contribution in [1.29, 1.82) is 0 Å². The van der Waals surface area contributed by atoms with Gasteiger partial charge in [0.2, 0.25) is 5.75 Å². The number of ether oxygens (including phenoxy) is 3. The van der Waals surface area contributed by atoms with Gasteiger partial charge < -0.3 is 14.2 Å². The molecule has 0 heterocycles. The monoisotopic (exact) mass is 455 g/mol. The quantitative estimate of drug-likeness (QED) is 0.503. The molecule has 0 bridgehead atoms. The van der Waals surface area contributed by atoms with Crippen molar-refractivity contribution < 1.29 is 27.4 Å². The Labute approximate surface area is 188 Å². The van der Waals surface area contributed by atoms with E-state index in [9.17, 15) is 13.2 Å². The minimum absolute atomic E-state index is 0.000333. The number of amides is 1. The number of carbonyl (C=O) groups excluding carboxylic acids is 1. The molecule has 0 aliphatic heterocycles. The predicted molar refractivity (Wildman–Crippen MR) is 122 cm³/mol. The van der Waals surface area contributed by atoms with E-state index >= 15 is 0 Å². The molecular weight excluding hydrogens is 430 g/mol. The lowest BCUT2D eigenvalue weighted by atomic mass is 10.1. The van der Waals surface area contributed by atoms with Gasteiger partial charge in [0.15, 0.2) is 11.5 Å². The summed E-state index contributed by atoms with van der Waals surface area (Å²) in [5.74, 6) is 0.0378. The highest BCUT2D eigenvalue weighted by Gasteiger charge is 2.33. The van der Waals surface area contributed by atoms with E-state index in [4.69, 9.17) is 14.2 Å². The van der Waals surface area contributed by atoms with Crippen molar-refractivity contribution in [2.75, 3.05) is 25.6 Å². The van der Waals surface area contributed by atoms with Crippen LogP contribution >= 0.6 is 0 Å². The molecule has 3 aromatic rings. The van der Waals surface area contributed by atoms with Crippen LogP contribution in [0.2, 0.25) is 0 Å². The zero-order valence-corrected chi connectivity index (χ0v) is 19.2. The average molecular weight is 456 g/mol. The maximum atomic E-state index is 13.7. The van der Waals surface area contributed by atoms with Crippen LogP contribution in [0.4, 0.5) is 5.69 Å². The van der Waals surface area contributed by atoms with Crippen LogP contribution in [0.1, 0.15) is 22.8 Å². The van der Waals surface area contributed by atoms with Gasteiger partial charge in [-0.25, -0.2) is 8.42 Å². The molecule has 0 saturated heterocycles. The Kier molecular flexibility index (Phi) is 7.05. The fourth-order valence-electron chi connectivity index (χ4n) is 3.25. The minimum atomic E-state index is -4.20. The number of carbonyl (C=O) groups is 1. The first-order chi connectivity index (χ1) is 15.4. The topological polar surface area (TPSA) is 82.1 Å². The first-order valence-corrected chi connectivity index (χ1v) is 11.3. The van der Waals surface area contributed by atoms with Gasteiger partial charge in [-0.15, -0.1) is 0 Å². The van der Waals surface area contributed by atoms with Gasteiger partial charge in [0.25, 0.3) is 15.9 Å². The fourth-order valence-corrected chi connectivity index (χ4v) is 4.69. The van der Waals surface area contributed by atoms with Gasteiger partial charge in [-0.3, -0.25) is 4.79 Å². The number of hydrogen-bond donors (Lipinski definition) is 0. The standard InChI is InChI=1S/C24H25NO6S/c1-5-17-11-13-19(14-12-17)25(32(27,28)20-9-7-6-8-10-20)24(26)18-15-21(29-2)23(31-4)22(16-18)30-3/h6-16H,5H2,1-4H3. The van der Waals surface area contributed by atoms with Gasteiger partial charge in [0.05, 0.1) is 31.9 Å². The van der Waals surface area contributed by atoms with E-state index in [0.717, 1.165) is 16.3 Å². The molecule has 8 heteroatoms. The van der Waals surface area contributed by atoms with E-state index in [1.165, 1.54) is 45.6 Å². The highest BCUT2D eigenvalue weighted by Crippen LogP contribution is 2.39. The van der Waals surface area contributed by atoms with E-state index < -0.39 is 15.9 Å². The van der Waals surface area contributed by atoms with Crippen LogP contribution in [0.3, 0.4) is 0 Å². The Morgan fingerprint density at radius 2 is 1.41 bits per heavy atom. The third-order valence-electron chi connectivity index (χ3n) is 4.96. The van der Waals surface area contributed by atoms with Crippen LogP contribution in [0.15, 0.2) is 71.6 Å². The number of methoxy groups -OCH3 is 3. The normalized spacial score (nSPS) is 11.0. The van der Waals surface area contributed by atoms with Crippen molar-refractivity contribution in [3.63, 3.8) is 0 Å². The molecule has 0 atom stereocenters. The summed E-state index contributed by atoms with van der Waals surface area (Å²) in [5, 5.41) is 0. The zero-order valence-electron chi connectivity index (χ0n) is 18.4. The molecule has 0 unspecified atom stereocenters. The Balaban J connectivity index is 2.20. The van der Waals surface area contributed by atoms with Gasteiger partial charge in [-0.2, -0.15) is 4.31 Å². The average Bonchev–Trinajstić information content (AvgIpc) is 2.83. The number of aryl methyl sites for hydroxylation is 1. The van der Waals surface area contributed by atoms with Crippen molar-refractivity contribution >= 4 is 21.6 Å². The van der Waals surface area contributed by atoms with Crippen LogP contribution in [-0.2, 0) is 16.4 Å². The Morgan fingerprint density at radius 3 is 1.88 bits per heavy atom. The van der Waals surface area contributed by atoms with E-state index in [1.54, 1.807) is 42.5 Å². The lowest BCUT2D eigenvalue weighted by molar-refractivity contribution is 0.100. The van der Waals surface area contributed by atoms with Crippen molar-refractivity contribution in [1.82, 2.24) is 0 Å². The largest absolute Gasteiger partial charge is 0.493 e. The minimum Gasteiger partial charge on any atom is -0.493 e. The summed E-state index contributed by atoms with van der Waals surface area (Å²) in [5.41, 5.74) is 1.31. The maximum Gasteiger partial charge on any atom is 0.272 e. The van der Waals surface area contributed by atoms with Crippen molar-refractivity contribution in [2.24, 2.45) is 0 Å². The third kappa shape index (κ3) is 4.40. The molecule has 32 heavy (non-hydrogen) atoms. The van der Waals surface area contributed by atoms with Crippen molar-refractivity contribution in [3.05, 3.63) is 77.9 Å². The van der Waals surface area contributed by atoms with E-state index in [2.05, 4.69) is 0 Å². The molecule has 0 N–H and O–H groups in total. The van der Waals surface area contributed by atoms with Crippen molar-refractivity contribution in [2.45, 2.75) is 18.2 Å². The summed E-state index contributed by atoms with van der Waals surface area (Å²) in [7, 11) is 0.0910. The van der Waals surface area contributed by atoms with Crippen LogP contribution in [0.5, 0.6) is 17.2 Å². The van der Waals surface area contributed by atoms with Crippen molar-refractivity contribution in [3.8, 4) is 17.2 Å². The second-order valence-corrected chi connectivity index (χ2v) is 8.61. The molecule has 0 aromatic heterocycles. The highest BCUT2D eigenvalue weighted by molar-refractivity contribution is 7.93. The first kappa shape index (κ1) is 23.1. The van der Waals surface area contributed by atoms with E-state index in [0.29, 0.717) is 5.75 Å². The van der Waals surface area contributed by atoms with Crippen LogP contribution in [-0.4, -0.2) is 35.7 Å². The lowest BCUT2D eigenvalue weighted by Crippen LogP contribution is -2.37. The van der Waals surface area contributed by atoms with E-state index in [-0.39, 0.29) is 27.6 Å².